The molecular weight excluding hydrogens is 272 g/mol. The van der Waals surface area contributed by atoms with Crippen LogP contribution < -0.4 is 0 Å². The van der Waals surface area contributed by atoms with Crippen LogP contribution in [0.5, 0.6) is 5.75 Å². The Morgan fingerprint density at radius 2 is 1.73 bits per heavy atom. The summed E-state index contributed by atoms with van der Waals surface area (Å²) in [6, 6.07) is 1.69. The zero-order valence-corrected chi connectivity index (χ0v) is 9.45. The van der Waals surface area contributed by atoms with Crippen LogP contribution in [0.1, 0.15) is 11.1 Å². The molecule has 0 aliphatic rings. The zero-order chi connectivity index (χ0) is 8.59. The molecule has 0 bridgehead atoms. The molecular formula is C8H8Br2O. The van der Waals surface area contributed by atoms with E-state index in [-0.39, 0.29) is 5.75 Å². The maximum Gasteiger partial charge on any atom is 0.131 e. The summed E-state index contributed by atoms with van der Waals surface area (Å²) in [5.41, 5.74) is 2.21. The minimum Gasteiger partial charge on any atom is -0.507 e. The molecule has 1 rings (SSSR count). The number of aromatic hydroxyl groups is 1. The molecule has 11 heavy (non-hydrogen) atoms. The second-order valence-electron chi connectivity index (χ2n) is 2.44. The summed E-state index contributed by atoms with van der Waals surface area (Å²) >= 11 is 6.64. The average molecular weight is 280 g/mol. The lowest BCUT2D eigenvalue weighted by atomic mass is 10.1. The van der Waals surface area contributed by atoms with Crippen molar-refractivity contribution in [2.24, 2.45) is 0 Å². The van der Waals surface area contributed by atoms with Gasteiger partial charge in [-0.25, -0.2) is 0 Å². The van der Waals surface area contributed by atoms with Crippen LogP contribution >= 0.6 is 31.9 Å². The number of benzene rings is 1. The van der Waals surface area contributed by atoms with Crippen LogP contribution in [0.3, 0.4) is 0 Å². The molecule has 1 N–H and O–H groups in total. The highest BCUT2D eigenvalue weighted by molar-refractivity contribution is 9.11. The van der Waals surface area contributed by atoms with Gasteiger partial charge in [0, 0.05) is 4.47 Å². The van der Waals surface area contributed by atoms with Crippen LogP contribution in [0.25, 0.3) is 0 Å². The van der Waals surface area contributed by atoms with Gasteiger partial charge >= 0.3 is 0 Å². The Morgan fingerprint density at radius 3 is 2.27 bits per heavy atom. The van der Waals surface area contributed by atoms with Crippen molar-refractivity contribution < 1.29 is 5.11 Å². The van der Waals surface area contributed by atoms with Gasteiger partial charge in [0.2, 0.25) is 0 Å². The Bertz CT molecular complexity index is 268. The molecule has 0 spiro atoms. The largest absolute Gasteiger partial charge is 0.507 e. The molecule has 1 nitrogen and oxygen atoms in total. The summed E-state index contributed by atoms with van der Waals surface area (Å²) in [5.74, 6) is 0.278. The highest BCUT2D eigenvalue weighted by atomic mass is 79.9. The third kappa shape index (κ3) is 1.59. The van der Waals surface area contributed by atoms with Crippen molar-refractivity contribution in [1.29, 1.82) is 0 Å². The fourth-order valence-corrected chi connectivity index (χ4v) is 1.75. The first kappa shape index (κ1) is 9.07. The van der Waals surface area contributed by atoms with E-state index in [0.717, 1.165) is 20.1 Å². The van der Waals surface area contributed by atoms with Crippen LogP contribution in [0.2, 0.25) is 0 Å². The Balaban J connectivity index is 3.46. The molecule has 0 amide bonds. The van der Waals surface area contributed by atoms with Crippen LogP contribution in [-0.4, -0.2) is 5.11 Å². The maximum absolute atomic E-state index is 9.33. The van der Waals surface area contributed by atoms with Crippen molar-refractivity contribution >= 4 is 31.9 Å². The van der Waals surface area contributed by atoms with E-state index in [2.05, 4.69) is 31.9 Å². The number of hydrogen-bond acceptors (Lipinski definition) is 1. The molecule has 60 valence electrons. The lowest BCUT2D eigenvalue weighted by Crippen LogP contribution is -1.84. The van der Waals surface area contributed by atoms with E-state index in [9.17, 15) is 5.11 Å². The van der Waals surface area contributed by atoms with Gasteiger partial charge in [-0.15, -0.1) is 0 Å². The Hall–Kier alpha value is -0.0200. The normalized spacial score (nSPS) is 10.2. The van der Waals surface area contributed by atoms with Gasteiger partial charge in [0.05, 0.1) is 4.47 Å². The summed E-state index contributed by atoms with van der Waals surface area (Å²) < 4.78 is 1.72. The van der Waals surface area contributed by atoms with Crippen LogP contribution in [0.4, 0.5) is 0 Å². The van der Waals surface area contributed by atoms with Gasteiger partial charge in [0.25, 0.3) is 0 Å². The van der Waals surface area contributed by atoms with Gasteiger partial charge in [0.15, 0.2) is 0 Å². The summed E-state index contributed by atoms with van der Waals surface area (Å²) in [7, 11) is 0. The molecule has 3 heteroatoms. The van der Waals surface area contributed by atoms with Crippen molar-refractivity contribution in [1.82, 2.24) is 0 Å². The molecule has 1 aromatic rings. The maximum atomic E-state index is 9.33. The molecule has 0 fully saturated rings. The van der Waals surface area contributed by atoms with Crippen molar-refractivity contribution in [2.75, 3.05) is 0 Å². The predicted octanol–water partition coefficient (Wildman–Crippen LogP) is 3.53. The summed E-state index contributed by atoms with van der Waals surface area (Å²) in [5, 5.41) is 9.33. The quantitative estimate of drug-likeness (QED) is 0.770. The molecule has 0 aliphatic carbocycles. The summed E-state index contributed by atoms with van der Waals surface area (Å²) in [6.45, 7) is 3.97. The van der Waals surface area contributed by atoms with Crippen LogP contribution in [-0.2, 0) is 0 Å². The van der Waals surface area contributed by atoms with Gasteiger partial charge in [-0.1, -0.05) is 15.9 Å². The first-order valence-electron chi connectivity index (χ1n) is 3.18. The lowest BCUT2D eigenvalue weighted by Gasteiger charge is -2.06. The minimum atomic E-state index is 0.278. The van der Waals surface area contributed by atoms with Gasteiger partial charge in [-0.05, 0) is 47.0 Å². The fraction of sp³-hybridized carbons (Fsp3) is 0.250. The monoisotopic (exact) mass is 278 g/mol. The molecule has 0 heterocycles. The standard InChI is InChI=1S/C8H8Br2O/c1-4-5(2)8(10)7(11)3-6(4)9/h3,11H,1-2H3. The highest BCUT2D eigenvalue weighted by Gasteiger charge is 2.07. The van der Waals surface area contributed by atoms with E-state index in [0.29, 0.717) is 0 Å². The third-order valence-corrected chi connectivity index (χ3v) is 3.56. The molecule has 0 atom stereocenters. The molecule has 0 saturated heterocycles. The molecule has 0 radical (unpaired) electrons. The van der Waals surface area contributed by atoms with Crippen molar-refractivity contribution in [2.45, 2.75) is 13.8 Å². The first-order valence-corrected chi connectivity index (χ1v) is 4.76. The molecule has 0 unspecified atom stereocenters. The average Bonchev–Trinajstić information content (AvgIpc) is 1.97. The Morgan fingerprint density at radius 1 is 1.18 bits per heavy atom. The highest BCUT2D eigenvalue weighted by Crippen LogP contribution is 2.34. The van der Waals surface area contributed by atoms with E-state index >= 15 is 0 Å². The van der Waals surface area contributed by atoms with Gasteiger partial charge in [0.1, 0.15) is 5.75 Å². The number of phenols is 1. The van der Waals surface area contributed by atoms with Gasteiger partial charge < -0.3 is 5.11 Å². The Kier molecular flexibility index (Phi) is 2.60. The third-order valence-electron chi connectivity index (χ3n) is 1.74. The van der Waals surface area contributed by atoms with E-state index in [1.807, 2.05) is 13.8 Å². The number of rotatable bonds is 0. The topological polar surface area (TPSA) is 20.2 Å². The Labute approximate surface area is 82.7 Å². The van der Waals surface area contributed by atoms with Crippen molar-refractivity contribution in [3.05, 3.63) is 26.1 Å². The van der Waals surface area contributed by atoms with E-state index in [1.54, 1.807) is 6.07 Å². The zero-order valence-electron chi connectivity index (χ0n) is 6.28. The lowest BCUT2D eigenvalue weighted by molar-refractivity contribution is 0.470. The van der Waals surface area contributed by atoms with Crippen molar-refractivity contribution in [3.63, 3.8) is 0 Å². The fourth-order valence-electron chi connectivity index (χ4n) is 0.827. The van der Waals surface area contributed by atoms with Crippen LogP contribution in [0, 0.1) is 13.8 Å². The van der Waals surface area contributed by atoms with E-state index in [4.69, 9.17) is 0 Å². The van der Waals surface area contributed by atoms with Gasteiger partial charge in [-0.3, -0.25) is 0 Å². The minimum absolute atomic E-state index is 0.278. The molecule has 0 saturated carbocycles. The second-order valence-corrected chi connectivity index (χ2v) is 4.09. The predicted molar refractivity (Wildman–Crippen MR) is 53.0 cm³/mol. The number of hydrogen-bond donors (Lipinski definition) is 1. The van der Waals surface area contributed by atoms with Gasteiger partial charge in [-0.2, -0.15) is 0 Å². The smallest absolute Gasteiger partial charge is 0.131 e. The molecule has 0 aromatic heterocycles. The van der Waals surface area contributed by atoms with Crippen LogP contribution in [0.15, 0.2) is 15.0 Å². The van der Waals surface area contributed by atoms with E-state index in [1.165, 1.54) is 0 Å². The molecule has 1 aromatic carbocycles. The first-order chi connectivity index (χ1) is 5.04. The number of halogens is 2. The summed E-state index contributed by atoms with van der Waals surface area (Å²) in [6.07, 6.45) is 0. The van der Waals surface area contributed by atoms with E-state index < -0.39 is 0 Å². The SMILES string of the molecule is Cc1c(Br)cc(O)c(Br)c1C. The summed E-state index contributed by atoms with van der Waals surface area (Å²) in [4.78, 5) is 0. The number of phenolic OH excluding ortho intramolecular Hbond substituents is 1. The van der Waals surface area contributed by atoms with Crippen molar-refractivity contribution in [3.8, 4) is 5.75 Å². The molecule has 0 aliphatic heterocycles. The second kappa shape index (κ2) is 3.15.